The maximum atomic E-state index is 12.5. The molecule has 0 aliphatic heterocycles. The Morgan fingerprint density at radius 2 is 1.71 bits per heavy atom. The van der Waals surface area contributed by atoms with Crippen molar-refractivity contribution in [3.63, 3.8) is 0 Å². The van der Waals surface area contributed by atoms with Gasteiger partial charge < -0.3 is 0 Å². The normalized spacial score (nSPS) is 24.6. The van der Waals surface area contributed by atoms with E-state index in [9.17, 15) is 4.79 Å². The van der Waals surface area contributed by atoms with Crippen molar-refractivity contribution in [2.24, 2.45) is 5.92 Å². The van der Waals surface area contributed by atoms with Crippen LogP contribution in [0.1, 0.15) is 55.6 Å². The van der Waals surface area contributed by atoms with Crippen LogP contribution in [0.5, 0.6) is 0 Å². The van der Waals surface area contributed by atoms with Gasteiger partial charge in [0.05, 0.1) is 0 Å². The van der Waals surface area contributed by atoms with Crippen LogP contribution >= 0.6 is 0 Å². The van der Waals surface area contributed by atoms with Crippen molar-refractivity contribution in [2.75, 3.05) is 0 Å². The lowest BCUT2D eigenvalue weighted by atomic mass is 9.71. The van der Waals surface area contributed by atoms with Crippen LogP contribution in [-0.2, 0) is 11.2 Å². The first-order chi connectivity index (χ1) is 8.36. The van der Waals surface area contributed by atoms with Crippen molar-refractivity contribution < 1.29 is 4.79 Å². The molecule has 1 heteroatoms. The van der Waals surface area contributed by atoms with Crippen molar-refractivity contribution in [1.82, 2.24) is 0 Å². The highest BCUT2D eigenvalue weighted by Crippen LogP contribution is 2.39. The van der Waals surface area contributed by atoms with Gasteiger partial charge in [0.1, 0.15) is 5.78 Å². The van der Waals surface area contributed by atoms with E-state index in [-0.39, 0.29) is 5.92 Å². The van der Waals surface area contributed by atoms with Gasteiger partial charge in [0, 0.05) is 11.8 Å². The highest BCUT2D eigenvalue weighted by atomic mass is 16.1. The smallest absolute Gasteiger partial charge is 0.143 e. The third kappa shape index (κ3) is 2.03. The Morgan fingerprint density at radius 1 is 1.00 bits per heavy atom. The summed E-state index contributed by atoms with van der Waals surface area (Å²) in [5.74, 6) is 1.12. The fourth-order valence-corrected chi connectivity index (χ4v) is 3.36. The second-order valence-electron chi connectivity index (χ2n) is 5.55. The zero-order valence-corrected chi connectivity index (χ0v) is 10.3. The molecule has 1 nitrogen and oxygen atoms in total. The van der Waals surface area contributed by atoms with Gasteiger partial charge in [-0.1, -0.05) is 49.9 Å². The van der Waals surface area contributed by atoms with E-state index in [2.05, 4.69) is 24.3 Å². The summed E-state index contributed by atoms with van der Waals surface area (Å²) in [5.41, 5.74) is 2.70. The predicted octanol–water partition coefficient (Wildman–Crippen LogP) is 3.87. The molecule has 0 aromatic heterocycles. The molecule has 0 N–H and O–H groups in total. The van der Waals surface area contributed by atoms with Gasteiger partial charge in [0.25, 0.3) is 0 Å². The van der Waals surface area contributed by atoms with E-state index in [0.29, 0.717) is 11.7 Å². The largest absolute Gasteiger partial charge is 0.299 e. The number of rotatable bonds is 2. The van der Waals surface area contributed by atoms with Crippen LogP contribution in [0.2, 0.25) is 0 Å². The molecule has 1 unspecified atom stereocenters. The Labute approximate surface area is 103 Å². The van der Waals surface area contributed by atoms with Crippen molar-refractivity contribution in [3.8, 4) is 0 Å². The minimum atomic E-state index is 0.231. The molecular weight excluding hydrogens is 208 g/mol. The number of benzene rings is 1. The molecule has 17 heavy (non-hydrogen) atoms. The van der Waals surface area contributed by atoms with Crippen LogP contribution in [0, 0.1) is 5.92 Å². The summed E-state index contributed by atoms with van der Waals surface area (Å²) in [7, 11) is 0. The lowest BCUT2D eigenvalue weighted by molar-refractivity contribution is -0.125. The van der Waals surface area contributed by atoms with Gasteiger partial charge in [-0.3, -0.25) is 4.79 Å². The highest BCUT2D eigenvalue weighted by molar-refractivity contribution is 5.90. The lowest BCUT2D eigenvalue weighted by Crippen LogP contribution is -2.30. The van der Waals surface area contributed by atoms with Gasteiger partial charge in [0.2, 0.25) is 0 Å². The maximum absolute atomic E-state index is 12.5. The standard InChI is InChI=1S/C16H20O/c17-16(12-7-3-1-2-4-8-12)15-11-13-9-5-6-10-14(13)15/h5-6,9-10,12,15H,1-4,7-8,11H2. The number of carbonyl (C=O) groups excluding carboxylic acids is 1. The molecule has 0 bridgehead atoms. The first-order valence-electron chi connectivity index (χ1n) is 6.98. The molecule has 0 amide bonds. The first kappa shape index (κ1) is 11.0. The first-order valence-corrected chi connectivity index (χ1v) is 6.98. The fourth-order valence-electron chi connectivity index (χ4n) is 3.36. The van der Waals surface area contributed by atoms with Crippen LogP contribution in [0.15, 0.2) is 24.3 Å². The summed E-state index contributed by atoms with van der Waals surface area (Å²) < 4.78 is 0. The van der Waals surface area contributed by atoms with Crippen LogP contribution < -0.4 is 0 Å². The summed E-state index contributed by atoms with van der Waals surface area (Å²) in [5, 5.41) is 0. The number of hydrogen-bond donors (Lipinski definition) is 0. The van der Waals surface area contributed by atoms with Crippen molar-refractivity contribution >= 4 is 5.78 Å². The van der Waals surface area contributed by atoms with Crippen LogP contribution in [-0.4, -0.2) is 5.78 Å². The van der Waals surface area contributed by atoms with Gasteiger partial charge in [-0.25, -0.2) is 0 Å². The van der Waals surface area contributed by atoms with Crippen LogP contribution in [0.4, 0.5) is 0 Å². The monoisotopic (exact) mass is 228 g/mol. The van der Waals surface area contributed by atoms with Gasteiger partial charge >= 0.3 is 0 Å². The Hall–Kier alpha value is -1.11. The Bertz CT molecular complexity index is 413. The number of Topliss-reactive ketones (excluding diaryl/α,β-unsaturated/α-hetero) is 1. The SMILES string of the molecule is O=C(C1CCCCCC1)C1Cc2ccccc21. The Balaban J connectivity index is 1.72. The molecule has 0 radical (unpaired) electrons. The molecule has 0 saturated heterocycles. The molecule has 3 rings (SSSR count). The Morgan fingerprint density at radius 3 is 2.41 bits per heavy atom. The van der Waals surface area contributed by atoms with Crippen LogP contribution in [0.3, 0.4) is 0 Å². The van der Waals surface area contributed by atoms with Crippen LogP contribution in [0.25, 0.3) is 0 Å². The highest BCUT2D eigenvalue weighted by Gasteiger charge is 2.35. The predicted molar refractivity (Wildman–Crippen MR) is 69.1 cm³/mol. The topological polar surface area (TPSA) is 17.1 Å². The van der Waals surface area contributed by atoms with E-state index < -0.39 is 0 Å². The second-order valence-corrected chi connectivity index (χ2v) is 5.55. The Kier molecular flexibility index (Phi) is 3.00. The molecule has 1 aromatic carbocycles. The minimum absolute atomic E-state index is 0.231. The molecule has 1 atom stereocenters. The molecule has 1 fully saturated rings. The van der Waals surface area contributed by atoms with E-state index in [0.717, 1.165) is 19.3 Å². The van der Waals surface area contributed by atoms with Gasteiger partial charge in [0.15, 0.2) is 0 Å². The van der Waals surface area contributed by atoms with Crippen molar-refractivity contribution in [2.45, 2.75) is 50.9 Å². The minimum Gasteiger partial charge on any atom is -0.299 e. The van der Waals surface area contributed by atoms with Crippen molar-refractivity contribution in [3.05, 3.63) is 35.4 Å². The zero-order chi connectivity index (χ0) is 11.7. The molecule has 2 aliphatic rings. The molecule has 1 saturated carbocycles. The van der Waals surface area contributed by atoms with E-state index >= 15 is 0 Å². The zero-order valence-electron chi connectivity index (χ0n) is 10.3. The number of fused-ring (bicyclic) bond motifs is 1. The third-order valence-corrected chi connectivity index (χ3v) is 4.46. The van der Waals surface area contributed by atoms with Gasteiger partial charge in [-0.15, -0.1) is 0 Å². The summed E-state index contributed by atoms with van der Waals surface area (Å²) in [4.78, 5) is 12.5. The van der Waals surface area contributed by atoms with Crippen molar-refractivity contribution in [1.29, 1.82) is 0 Å². The average Bonchev–Trinajstić information content (AvgIpc) is 2.59. The number of ketones is 1. The second kappa shape index (κ2) is 4.64. The quantitative estimate of drug-likeness (QED) is 0.702. The molecule has 0 spiro atoms. The third-order valence-electron chi connectivity index (χ3n) is 4.46. The molecule has 1 aromatic rings. The number of hydrogen-bond acceptors (Lipinski definition) is 1. The summed E-state index contributed by atoms with van der Waals surface area (Å²) in [6, 6.07) is 8.43. The average molecular weight is 228 g/mol. The molecular formula is C16H20O. The van der Waals surface area contributed by atoms with E-state index in [1.165, 1.54) is 36.8 Å². The fraction of sp³-hybridized carbons (Fsp3) is 0.562. The van der Waals surface area contributed by atoms with E-state index in [1.807, 2.05) is 0 Å². The summed E-state index contributed by atoms with van der Waals surface area (Å²) in [6.45, 7) is 0. The summed E-state index contributed by atoms with van der Waals surface area (Å²) >= 11 is 0. The molecule has 90 valence electrons. The van der Waals surface area contributed by atoms with E-state index in [1.54, 1.807) is 0 Å². The molecule has 2 aliphatic carbocycles. The van der Waals surface area contributed by atoms with Gasteiger partial charge in [-0.05, 0) is 30.4 Å². The molecule has 0 heterocycles. The van der Waals surface area contributed by atoms with Gasteiger partial charge in [-0.2, -0.15) is 0 Å². The summed E-state index contributed by atoms with van der Waals surface area (Å²) in [6.07, 6.45) is 8.42. The lowest BCUT2D eigenvalue weighted by Gasteiger charge is -2.31. The maximum Gasteiger partial charge on any atom is 0.143 e. The van der Waals surface area contributed by atoms with E-state index in [4.69, 9.17) is 0 Å². The number of carbonyl (C=O) groups is 1.